The third-order valence-corrected chi connectivity index (χ3v) is 3.44. The molecule has 0 bridgehead atoms. The number of rotatable bonds is 6. The number of nitrogens with one attached hydrogen (secondary N) is 1. The molecule has 1 N–H and O–H groups in total. The van der Waals surface area contributed by atoms with E-state index in [4.69, 9.17) is 5.53 Å². The molecule has 0 spiro atoms. The minimum atomic E-state index is -3.81. The number of carbonyl (C=O) groups excluding carboxylic acids is 1. The van der Waals surface area contributed by atoms with Crippen LogP contribution in [-0.4, -0.2) is 39.6 Å². The Bertz CT molecular complexity index is 609. The van der Waals surface area contributed by atoms with Gasteiger partial charge in [-0.25, -0.2) is 17.9 Å². The zero-order valence-electron chi connectivity index (χ0n) is 9.98. The van der Waals surface area contributed by atoms with E-state index in [1.807, 2.05) is 0 Å². The van der Waals surface area contributed by atoms with Gasteiger partial charge in [0, 0.05) is 30.4 Å². The first kappa shape index (κ1) is 14.9. The van der Waals surface area contributed by atoms with E-state index in [1.165, 1.54) is 13.3 Å². The number of ether oxygens (including phenoxy) is 1. The Labute approximate surface area is 109 Å². The fraction of sp³-hybridized carbons (Fsp3) is 0.333. The van der Waals surface area contributed by atoms with Crippen LogP contribution in [0.15, 0.2) is 28.5 Å². The molecule has 0 aliphatic carbocycles. The normalized spacial score (nSPS) is 10.6. The van der Waals surface area contributed by atoms with Crippen LogP contribution in [0.3, 0.4) is 0 Å². The first-order valence-corrected chi connectivity index (χ1v) is 6.53. The van der Waals surface area contributed by atoms with Gasteiger partial charge in [0.05, 0.1) is 12.7 Å². The number of sulfonamides is 1. The number of carbonyl (C=O) groups is 1. The predicted molar refractivity (Wildman–Crippen MR) is 64.8 cm³/mol. The summed E-state index contributed by atoms with van der Waals surface area (Å²) in [6.45, 7) is -0.0608. The maximum absolute atomic E-state index is 11.8. The van der Waals surface area contributed by atoms with Crippen LogP contribution >= 0.6 is 0 Å². The minimum absolute atomic E-state index is 0.0140. The topological polar surface area (TPSA) is 134 Å². The van der Waals surface area contributed by atoms with Crippen LogP contribution in [-0.2, 0) is 14.8 Å². The zero-order chi connectivity index (χ0) is 14.3. The Morgan fingerprint density at radius 2 is 2.32 bits per heavy atom. The van der Waals surface area contributed by atoms with Crippen molar-refractivity contribution in [3.8, 4) is 0 Å². The van der Waals surface area contributed by atoms with Gasteiger partial charge in [-0.15, -0.1) is 0 Å². The van der Waals surface area contributed by atoms with Gasteiger partial charge in [0.15, 0.2) is 0 Å². The smallest absolute Gasteiger partial charge is 0.339 e. The minimum Gasteiger partial charge on any atom is -0.465 e. The van der Waals surface area contributed by atoms with Crippen molar-refractivity contribution in [1.29, 1.82) is 0 Å². The SMILES string of the molecule is COC(=O)c1cncc(S(=O)(=O)NCCN=[N+]=[N-])c1. The lowest BCUT2D eigenvalue weighted by Crippen LogP contribution is -2.26. The molecule has 19 heavy (non-hydrogen) atoms. The van der Waals surface area contributed by atoms with Gasteiger partial charge < -0.3 is 4.74 Å². The fourth-order valence-corrected chi connectivity index (χ4v) is 2.16. The van der Waals surface area contributed by atoms with Gasteiger partial charge in [-0.05, 0) is 11.6 Å². The number of pyridine rings is 1. The van der Waals surface area contributed by atoms with Crippen molar-refractivity contribution in [3.05, 3.63) is 34.5 Å². The highest BCUT2D eigenvalue weighted by molar-refractivity contribution is 7.89. The van der Waals surface area contributed by atoms with E-state index in [2.05, 4.69) is 24.5 Å². The third-order valence-electron chi connectivity index (χ3n) is 2.01. The summed E-state index contributed by atoms with van der Waals surface area (Å²) in [5, 5.41) is 3.19. The van der Waals surface area contributed by atoms with Crippen LogP contribution in [0.5, 0.6) is 0 Å². The van der Waals surface area contributed by atoms with Crippen LogP contribution < -0.4 is 4.72 Å². The highest BCUT2D eigenvalue weighted by Gasteiger charge is 2.16. The highest BCUT2D eigenvalue weighted by atomic mass is 32.2. The number of nitrogens with zero attached hydrogens (tertiary/aromatic N) is 4. The van der Waals surface area contributed by atoms with Crippen LogP contribution in [0.4, 0.5) is 0 Å². The maximum Gasteiger partial charge on any atom is 0.339 e. The second kappa shape index (κ2) is 6.69. The molecule has 9 nitrogen and oxygen atoms in total. The molecule has 0 aromatic carbocycles. The van der Waals surface area contributed by atoms with Crippen molar-refractivity contribution in [2.24, 2.45) is 5.11 Å². The van der Waals surface area contributed by atoms with E-state index in [-0.39, 0.29) is 23.5 Å². The average molecular weight is 285 g/mol. The number of hydrogen-bond acceptors (Lipinski definition) is 6. The van der Waals surface area contributed by atoms with E-state index in [0.717, 1.165) is 12.3 Å². The summed E-state index contributed by atoms with van der Waals surface area (Å²) in [6.07, 6.45) is 2.30. The summed E-state index contributed by atoms with van der Waals surface area (Å²) in [5.41, 5.74) is 8.09. The summed E-state index contributed by atoms with van der Waals surface area (Å²) < 4.78 is 30.3. The van der Waals surface area contributed by atoms with Crippen molar-refractivity contribution in [2.75, 3.05) is 20.2 Å². The zero-order valence-corrected chi connectivity index (χ0v) is 10.8. The molecular weight excluding hydrogens is 274 g/mol. The van der Waals surface area contributed by atoms with Crippen LogP contribution in [0.25, 0.3) is 10.4 Å². The number of hydrogen-bond donors (Lipinski definition) is 1. The first-order valence-electron chi connectivity index (χ1n) is 5.05. The van der Waals surface area contributed by atoms with Gasteiger partial charge in [-0.1, -0.05) is 5.11 Å². The van der Waals surface area contributed by atoms with E-state index in [0.29, 0.717) is 0 Å². The largest absolute Gasteiger partial charge is 0.465 e. The molecular formula is C9H11N5O4S. The molecule has 0 saturated carbocycles. The number of aromatic nitrogens is 1. The molecule has 1 aromatic rings. The Kier molecular flexibility index (Phi) is 5.24. The van der Waals surface area contributed by atoms with Gasteiger partial charge in [0.2, 0.25) is 10.0 Å². The molecule has 1 rings (SSSR count). The lowest BCUT2D eigenvalue weighted by molar-refractivity contribution is 0.0600. The van der Waals surface area contributed by atoms with Gasteiger partial charge in [0.25, 0.3) is 0 Å². The van der Waals surface area contributed by atoms with Gasteiger partial charge in [0.1, 0.15) is 4.90 Å². The van der Waals surface area contributed by atoms with Gasteiger partial charge in [-0.3, -0.25) is 4.98 Å². The average Bonchev–Trinajstić information content (AvgIpc) is 2.43. The van der Waals surface area contributed by atoms with E-state index in [1.54, 1.807) is 0 Å². The van der Waals surface area contributed by atoms with Crippen LogP contribution in [0.2, 0.25) is 0 Å². The Balaban J connectivity index is 2.89. The number of esters is 1. The van der Waals surface area contributed by atoms with Crippen molar-refractivity contribution >= 4 is 16.0 Å². The first-order chi connectivity index (χ1) is 9.01. The summed E-state index contributed by atoms with van der Waals surface area (Å²) in [6, 6.07) is 1.15. The van der Waals surface area contributed by atoms with Crippen LogP contribution in [0, 0.1) is 0 Å². The highest BCUT2D eigenvalue weighted by Crippen LogP contribution is 2.10. The van der Waals surface area contributed by atoms with E-state index in [9.17, 15) is 13.2 Å². The molecule has 0 fully saturated rings. The lowest BCUT2D eigenvalue weighted by atomic mass is 10.3. The Morgan fingerprint density at radius 1 is 1.58 bits per heavy atom. The van der Waals surface area contributed by atoms with Crippen molar-refractivity contribution in [3.63, 3.8) is 0 Å². The van der Waals surface area contributed by atoms with Crippen molar-refractivity contribution in [2.45, 2.75) is 4.90 Å². The molecule has 10 heteroatoms. The number of methoxy groups -OCH3 is 1. The molecule has 0 radical (unpaired) electrons. The molecule has 0 unspecified atom stereocenters. The van der Waals surface area contributed by atoms with Gasteiger partial charge >= 0.3 is 5.97 Å². The second-order valence-electron chi connectivity index (χ2n) is 3.25. The quantitative estimate of drug-likeness (QED) is 0.266. The summed E-state index contributed by atoms with van der Waals surface area (Å²) >= 11 is 0. The summed E-state index contributed by atoms with van der Waals surface area (Å²) in [4.78, 5) is 17.2. The van der Waals surface area contributed by atoms with Crippen molar-refractivity contribution < 1.29 is 17.9 Å². The molecule has 0 aliphatic heterocycles. The predicted octanol–water partition coefficient (Wildman–Crippen LogP) is 0.457. The summed E-state index contributed by atoms with van der Waals surface area (Å²) in [7, 11) is -2.63. The molecule has 1 heterocycles. The molecule has 0 atom stereocenters. The van der Waals surface area contributed by atoms with Crippen molar-refractivity contribution in [1.82, 2.24) is 9.71 Å². The van der Waals surface area contributed by atoms with Gasteiger partial charge in [-0.2, -0.15) is 0 Å². The maximum atomic E-state index is 11.8. The second-order valence-corrected chi connectivity index (χ2v) is 5.02. The fourth-order valence-electron chi connectivity index (χ4n) is 1.15. The molecule has 0 saturated heterocycles. The monoisotopic (exact) mass is 285 g/mol. The Hall–Kier alpha value is -2.16. The molecule has 1 aromatic heterocycles. The lowest BCUT2D eigenvalue weighted by Gasteiger charge is -2.06. The van der Waals surface area contributed by atoms with E-state index >= 15 is 0 Å². The summed E-state index contributed by atoms with van der Waals surface area (Å²) in [5.74, 6) is -0.682. The van der Waals surface area contributed by atoms with E-state index < -0.39 is 16.0 Å². The number of azide groups is 1. The third kappa shape index (κ3) is 4.21. The Morgan fingerprint density at radius 3 is 2.95 bits per heavy atom. The molecule has 102 valence electrons. The molecule has 0 amide bonds. The molecule has 0 aliphatic rings. The van der Waals surface area contributed by atoms with Crippen LogP contribution in [0.1, 0.15) is 10.4 Å². The standard InChI is InChI=1S/C9H11N5O4S/c1-18-9(15)7-4-8(6-11-5-7)19(16,17)13-3-2-12-14-10/h4-6,13H,2-3H2,1H3.